The van der Waals surface area contributed by atoms with Gasteiger partial charge in [0.25, 0.3) is 0 Å². The Labute approximate surface area is 155 Å². The average Bonchev–Trinajstić information content (AvgIpc) is 2.59. The van der Waals surface area contributed by atoms with Gasteiger partial charge in [0, 0.05) is 6.07 Å². The molecule has 25 heavy (non-hydrogen) atoms. The molecule has 0 amide bonds. The molecular formula is C18H17BrO5S. The number of benzene rings is 2. The van der Waals surface area contributed by atoms with Crippen molar-refractivity contribution in [2.45, 2.75) is 11.8 Å². The zero-order valence-corrected chi connectivity index (χ0v) is 16.0. The molecule has 0 aliphatic carbocycles. The van der Waals surface area contributed by atoms with E-state index in [4.69, 9.17) is 8.92 Å². The third-order valence-electron chi connectivity index (χ3n) is 3.25. The number of ketones is 1. The van der Waals surface area contributed by atoms with Crippen LogP contribution in [0.15, 0.2) is 60.0 Å². The standard InChI is InChI=1S/C18H17BrO5S/c1-3-10-23-14-6-9-16(17(20)12-19)18(11-14)24-25(21,22)15-7-4-13(2)5-8-15/h3-9,11H,1,10,12H2,2H3. The quantitative estimate of drug-likeness (QED) is 0.278. The zero-order chi connectivity index (χ0) is 18.4. The van der Waals surface area contributed by atoms with Gasteiger partial charge in [0.15, 0.2) is 11.5 Å². The predicted molar refractivity (Wildman–Crippen MR) is 99.3 cm³/mol. The summed E-state index contributed by atoms with van der Waals surface area (Å²) < 4.78 is 35.6. The van der Waals surface area contributed by atoms with Crippen molar-refractivity contribution in [3.63, 3.8) is 0 Å². The highest BCUT2D eigenvalue weighted by molar-refractivity contribution is 9.09. The van der Waals surface area contributed by atoms with Gasteiger partial charge in [0.1, 0.15) is 17.3 Å². The number of carbonyl (C=O) groups excluding carboxylic acids is 1. The number of hydrogen-bond donors (Lipinski definition) is 0. The van der Waals surface area contributed by atoms with Crippen molar-refractivity contribution in [2.75, 3.05) is 11.9 Å². The van der Waals surface area contributed by atoms with Crippen molar-refractivity contribution in [3.05, 3.63) is 66.2 Å². The van der Waals surface area contributed by atoms with Crippen LogP contribution in [-0.4, -0.2) is 26.1 Å². The minimum absolute atomic E-state index is 0.00718. The van der Waals surface area contributed by atoms with Crippen LogP contribution in [0, 0.1) is 6.92 Å². The van der Waals surface area contributed by atoms with Crippen LogP contribution in [0.25, 0.3) is 0 Å². The SMILES string of the molecule is C=CCOc1ccc(C(=O)CBr)c(OS(=O)(=O)c2ccc(C)cc2)c1. The summed E-state index contributed by atoms with van der Waals surface area (Å²) in [6.07, 6.45) is 1.56. The largest absolute Gasteiger partial charge is 0.489 e. The molecule has 0 spiro atoms. The summed E-state index contributed by atoms with van der Waals surface area (Å²) in [5.41, 5.74) is 1.08. The lowest BCUT2D eigenvalue weighted by Crippen LogP contribution is -2.13. The van der Waals surface area contributed by atoms with E-state index in [9.17, 15) is 13.2 Å². The van der Waals surface area contributed by atoms with Gasteiger partial charge in [-0.15, -0.1) is 0 Å². The lowest BCUT2D eigenvalue weighted by Gasteiger charge is -2.12. The molecule has 0 aliphatic rings. The Morgan fingerprint density at radius 3 is 2.48 bits per heavy atom. The number of ether oxygens (including phenoxy) is 1. The Morgan fingerprint density at radius 1 is 1.20 bits per heavy atom. The average molecular weight is 425 g/mol. The van der Waals surface area contributed by atoms with Gasteiger partial charge in [-0.25, -0.2) is 0 Å². The summed E-state index contributed by atoms with van der Waals surface area (Å²) in [5.74, 6) is -0.00362. The van der Waals surface area contributed by atoms with Gasteiger partial charge in [-0.05, 0) is 31.2 Å². The summed E-state index contributed by atoms with van der Waals surface area (Å²) in [5, 5.41) is 0.0425. The van der Waals surface area contributed by atoms with Gasteiger partial charge >= 0.3 is 10.1 Å². The van der Waals surface area contributed by atoms with Gasteiger partial charge in [-0.2, -0.15) is 8.42 Å². The molecule has 0 atom stereocenters. The van der Waals surface area contributed by atoms with E-state index in [1.165, 1.54) is 24.3 Å². The molecule has 0 saturated heterocycles. The topological polar surface area (TPSA) is 69.7 Å². The van der Waals surface area contributed by atoms with Crippen LogP contribution in [0.3, 0.4) is 0 Å². The van der Waals surface area contributed by atoms with Gasteiger partial charge < -0.3 is 8.92 Å². The first kappa shape index (κ1) is 19.2. The van der Waals surface area contributed by atoms with E-state index < -0.39 is 10.1 Å². The number of carbonyl (C=O) groups is 1. The summed E-state index contributed by atoms with van der Waals surface area (Å²) in [7, 11) is -4.07. The van der Waals surface area contributed by atoms with Crippen molar-refractivity contribution in [1.82, 2.24) is 0 Å². The number of aryl methyl sites for hydroxylation is 1. The highest BCUT2D eigenvalue weighted by Gasteiger charge is 2.21. The van der Waals surface area contributed by atoms with E-state index in [1.807, 2.05) is 6.92 Å². The number of rotatable bonds is 8. The fourth-order valence-electron chi connectivity index (χ4n) is 1.99. The molecule has 5 nitrogen and oxygen atoms in total. The predicted octanol–water partition coefficient (Wildman–Crippen LogP) is 3.91. The molecule has 0 bridgehead atoms. The normalized spacial score (nSPS) is 11.0. The summed E-state index contributed by atoms with van der Waals surface area (Å²) >= 11 is 3.08. The van der Waals surface area contributed by atoms with Gasteiger partial charge in [-0.3, -0.25) is 4.79 Å². The van der Waals surface area contributed by atoms with E-state index >= 15 is 0 Å². The second kappa shape index (κ2) is 8.31. The fraction of sp³-hybridized carbons (Fsp3) is 0.167. The molecule has 7 heteroatoms. The van der Waals surface area contributed by atoms with E-state index in [2.05, 4.69) is 22.5 Å². The van der Waals surface area contributed by atoms with Crippen molar-refractivity contribution in [1.29, 1.82) is 0 Å². The van der Waals surface area contributed by atoms with Gasteiger partial charge in [0.2, 0.25) is 0 Å². The third kappa shape index (κ3) is 4.93. The fourth-order valence-corrected chi connectivity index (χ4v) is 3.23. The first-order chi connectivity index (χ1) is 11.9. The Kier molecular flexibility index (Phi) is 6.39. The number of Topliss-reactive ketones (excluding diaryl/α,β-unsaturated/α-hetero) is 1. The molecule has 2 aromatic rings. The molecule has 0 heterocycles. The maximum atomic E-state index is 12.5. The Morgan fingerprint density at radius 2 is 1.88 bits per heavy atom. The minimum atomic E-state index is -4.07. The Balaban J connectivity index is 2.42. The molecule has 0 saturated carbocycles. The van der Waals surface area contributed by atoms with Crippen molar-refractivity contribution in [3.8, 4) is 11.5 Å². The third-order valence-corrected chi connectivity index (χ3v) is 5.01. The Hall–Kier alpha value is -2.12. The molecule has 2 aromatic carbocycles. The summed E-state index contributed by atoms with van der Waals surface area (Å²) in [6.45, 7) is 5.65. The van der Waals surface area contributed by atoms with Crippen LogP contribution in [-0.2, 0) is 10.1 Å². The zero-order valence-electron chi connectivity index (χ0n) is 13.6. The molecule has 2 rings (SSSR count). The first-order valence-electron chi connectivity index (χ1n) is 7.35. The molecule has 0 unspecified atom stereocenters. The molecule has 0 aliphatic heterocycles. The maximum absolute atomic E-state index is 12.5. The van der Waals surface area contributed by atoms with Crippen molar-refractivity contribution < 1.29 is 22.1 Å². The first-order valence-corrected chi connectivity index (χ1v) is 9.88. The van der Waals surface area contributed by atoms with Crippen LogP contribution >= 0.6 is 15.9 Å². The molecular weight excluding hydrogens is 408 g/mol. The van der Waals surface area contributed by atoms with E-state index in [0.29, 0.717) is 5.75 Å². The van der Waals surface area contributed by atoms with Gasteiger partial charge in [-0.1, -0.05) is 46.3 Å². The maximum Gasteiger partial charge on any atom is 0.339 e. The smallest absolute Gasteiger partial charge is 0.339 e. The highest BCUT2D eigenvalue weighted by atomic mass is 79.9. The number of hydrogen-bond acceptors (Lipinski definition) is 5. The van der Waals surface area contributed by atoms with E-state index in [-0.39, 0.29) is 33.9 Å². The van der Waals surface area contributed by atoms with Crippen molar-refractivity contribution in [2.24, 2.45) is 0 Å². The van der Waals surface area contributed by atoms with E-state index in [1.54, 1.807) is 24.3 Å². The second-order valence-corrected chi connectivity index (χ2v) is 7.27. The van der Waals surface area contributed by atoms with Crippen LogP contribution < -0.4 is 8.92 Å². The van der Waals surface area contributed by atoms with Gasteiger partial charge in [0.05, 0.1) is 10.9 Å². The second-order valence-electron chi connectivity index (χ2n) is 5.16. The lowest BCUT2D eigenvalue weighted by molar-refractivity contribution is 0.102. The van der Waals surface area contributed by atoms with Crippen LogP contribution in [0.4, 0.5) is 0 Å². The lowest BCUT2D eigenvalue weighted by atomic mass is 10.1. The number of halogens is 1. The minimum Gasteiger partial charge on any atom is -0.489 e. The van der Waals surface area contributed by atoms with Crippen LogP contribution in [0.2, 0.25) is 0 Å². The summed E-state index contributed by atoms with van der Waals surface area (Å²) in [4.78, 5) is 12.1. The van der Waals surface area contributed by atoms with Crippen molar-refractivity contribution >= 4 is 31.8 Å². The summed E-state index contributed by atoms with van der Waals surface area (Å²) in [6, 6.07) is 10.7. The van der Waals surface area contributed by atoms with E-state index in [0.717, 1.165) is 5.56 Å². The monoisotopic (exact) mass is 424 g/mol. The van der Waals surface area contributed by atoms with Crippen LogP contribution in [0.1, 0.15) is 15.9 Å². The molecule has 0 fully saturated rings. The molecule has 132 valence electrons. The molecule has 0 N–H and O–H groups in total. The Bertz CT molecular complexity index is 873. The molecule has 0 aromatic heterocycles. The number of alkyl halides is 1. The van der Waals surface area contributed by atoms with Crippen LogP contribution in [0.5, 0.6) is 11.5 Å². The molecule has 0 radical (unpaired) electrons. The highest BCUT2D eigenvalue weighted by Crippen LogP contribution is 2.29.